The van der Waals surface area contributed by atoms with Gasteiger partial charge in [0.2, 0.25) is 0 Å². The highest BCUT2D eigenvalue weighted by atomic mass is 16.5. The van der Waals surface area contributed by atoms with Gasteiger partial charge in [-0.2, -0.15) is 0 Å². The molecular formula is C27H23NO5. The first-order valence-electron chi connectivity index (χ1n) is 10.8. The lowest BCUT2D eigenvalue weighted by Crippen LogP contribution is -2.31. The lowest BCUT2D eigenvalue weighted by Gasteiger charge is -2.19. The summed E-state index contributed by atoms with van der Waals surface area (Å²) in [6.07, 6.45) is 0.930. The average Bonchev–Trinajstić information content (AvgIpc) is 2.85. The van der Waals surface area contributed by atoms with E-state index in [1.165, 1.54) is 23.8 Å². The van der Waals surface area contributed by atoms with Gasteiger partial charge in [0.15, 0.2) is 18.2 Å². The van der Waals surface area contributed by atoms with Gasteiger partial charge >= 0.3 is 5.97 Å². The first-order chi connectivity index (χ1) is 15.9. The molecule has 1 aliphatic rings. The van der Waals surface area contributed by atoms with Crippen LogP contribution in [0.2, 0.25) is 0 Å². The fourth-order valence-electron chi connectivity index (χ4n) is 3.93. The lowest BCUT2D eigenvalue weighted by molar-refractivity contribution is -0.124. The van der Waals surface area contributed by atoms with Gasteiger partial charge in [0.25, 0.3) is 5.91 Å². The van der Waals surface area contributed by atoms with E-state index in [0.29, 0.717) is 5.56 Å². The maximum absolute atomic E-state index is 13.0. The highest BCUT2D eigenvalue weighted by Crippen LogP contribution is 2.29. The summed E-state index contributed by atoms with van der Waals surface area (Å²) in [4.78, 5) is 50.9. The SMILES string of the molecule is CCc1ccc(C(C)NC(=O)COC(=O)c2cccc3c2C(=O)c2ccccc2C3=O)cc1. The summed E-state index contributed by atoms with van der Waals surface area (Å²) < 4.78 is 5.19. The number of benzene rings is 3. The van der Waals surface area contributed by atoms with Crippen molar-refractivity contribution in [1.29, 1.82) is 0 Å². The van der Waals surface area contributed by atoms with E-state index >= 15 is 0 Å². The Balaban J connectivity index is 1.46. The molecule has 0 saturated carbocycles. The van der Waals surface area contributed by atoms with Crippen LogP contribution in [0.5, 0.6) is 0 Å². The molecular weight excluding hydrogens is 418 g/mol. The Labute approximate surface area is 191 Å². The Hall–Kier alpha value is -4.06. The quantitative estimate of drug-likeness (QED) is 0.456. The number of nitrogens with one attached hydrogen (secondary N) is 1. The first kappa shape index (κ1) is 22.1. The molecule has 1 unspecified atom stereocenters. The molecule has 1 N–H and O–H groups in total. The molecule has 0 fully saturated rings. The molecule has 0 spiro atoms. The topological polar surface area (TPSA) is 89.5 Å². The van der Waals surface area contributed by atoms with E-state index in [2.05, 4.69) is 12.2 Å². The molecule has 0 bridgehead atoms. The van der Waals surface area contributed by atoms with Crippen LogP contribution in [-0.2, 0) is 16.0 Å². The third-order valence-corrected chi connectivity index (χ3v) is 5.77. The van der Waals surface area contributed by atoms with Crippen LogP contribution in [0.1, 0.15) is 73.2 Å². The largest absolute Gasteiger partial charge is 0.452 e. The summed E-state index contributed by atoms with van der Waals surface area (Å²) in [5.41, 5.74) is 2.82. The number of fused-ring (bicyclic) bond motifs is 2. The number of aryl methyl sites for hydroxylation is 1. The molecule has 0 heterocycles. The Morgan fingerprint density at radius 3 is 2.15 bits per heavy atom. The Morgan fingerprint density at radius 1 is 0.848 bits per heavy atom. The minimum absolute atomic E-state index is 0.0102. The molecule has 166 valence electrons. The van der Waals surface area contributed by atoms with Gasteiger partial charge in [-0.25, -0.2) is 4.79 Å². The molecule has 33 heavy (non-hydrogen) atoms. The standard InChI is InChI=1S/C27H23NO5/c1-3-17-11-13-18(14-12-17)16(2)28-23(29)15-33-27(32)22-10-6-9-21-24(22)26(31)20-8-5-4-7-19(20)25(21)30/h4-14,16H,3,15H2,1-2H3,(H,28,29). The number of ether oxygens (including phenoxy) is 1. The summed E-state index contributed by atoms with van der Waals surface area (Å²) in [7, 11) is 0. The minimum Gasteiger partial charge on any atom is -0.452 e. The summed E-state index contributed by atoms with van der Waals surface area (Å²) in [5.74, 6) is -2.03. The Bertz CT molecular complexity index is 1260. The van der Waals surface area contributed by atoms with Crippen LogP contribution < -0.4 is 5.32 Å². The van der Waals surface area contributed by atoms with Gasteiger partial charge in [-0.05, 0) is 30.5 Å². The molecule has 3 aromatic rings. The number of esters is 1. The smallest absolute Gasteiger partial charge is 0.339 e. The van der Waals surface area contributed by atoms with Crippen LogP contribution in [0.3, 0.4) is 0 Å². The van der Waals surface area contributed by atoms with Crippen molar-refractivity contribution in [3.8, 4) is 0 Å². The number of ketones is 2. The highest BCUT2D eigenvalue weighted by molar-refractivity contribution is 6.30. The van der Waals surface area contributed by atoms with Crippen molar-refractivity contribution in [3.63, 3.8) is 0 Å². The molecule has 4 rings (SSSR count). The number of hydrogen-bond acceptors (Lipinski definition) is 5. The highest BCUT2D eigenvalue weighted by Gasteiger charge is 2.33. The van der Waals surface area contributed by atoms with Gasteiger partial charge in [0.05, 0.1) is 11.6 Å². The maximum Gasteiger partial charge on any atom is 0.339 e. The first-order valence-corrected chi connectivity index (χ1v) is 10.8. The van der Waals surface area contributed by atoms with Crippen LogP contribution in [0.15, 0.2) is 66.7 Å². The number of rotatable bonds is 6. The number of hydrogen-bond donors (Lipinski definition) is 1. The van der Waals surface area contributed by atoms with Crippen LogP contribution in [0.25, 0.3) is 0 Å². The molecule has 0 saturated heterocycles. The molecule has 1 aliphatic carbocycles. The summed E-state index contributed by atoms with van der Waals surface area (Å²) in [6.45, 7) is 3.41. The molecule has 1 atom stereocenters. The van der Waals surface area contributed by atoms with Crippen LogP contribution >= 0.6 is 0 Å². The normalized spacial score (nSPS) is 13.0. The van der Waals surface area contributed by atoms with E-state index < -0.39 is 24.3 Å². The average molecular weight is 441 g/mol. The maximum atomic E-state index is 13.0. The summed E-state index contributed by atoms with van der Waals surface area (Å²) in [6, 6.07) is 18.6. The molecule has 1 amide bonds. The monoisotopic (exact) mass is 441 g/mol. The van der Waals surface area contributed by atoms with E-state index in [0.717, 1.165) is 12.0 Å². The molecule has 6 heteroatoms. The van der Waals surface area contributed by atoms with Crippen molar-refractivity contribution in [1.82, 2.24) is 5.32 Å². The van der Waals surface area contributed by atoms with E-state index in [4.69, 9.17) is 4.74 Å². The number of carbonyl (C=O) groups is 4. The van der Waals surface area contributed by atoms with Crippen molar-refractivity contribution < 1.29 is 23.9 Å². The lowest BCUT2D eigenvalue weighted by atomic mass is 9.82. The number of carbonyl (C=O) groups excluding carboxylic acids is 4. The zero-order chi connectivity index (χ0) is 23.5. The van der Waals surface area contributed by atoms with E-state index in [-0.39, 0.29) is 34.1 Å². The molecule has 0 radical (unpaired) electrons. The predicted octanol–water partition coefficient (Wildman–Crippen LogP) is 4.06. The second-order valence-electron chi connectivity index (χ2n) is 7.89. The third-order valence-electron chi connectivity index (χ3n) is 5.77. The van der Waals surface area contributed by atoms with Gasteiger partial charge in [0, 0.05) is 22.3 Å². The third kappa shape index (κ3) is 4.32. The van der Waals surface area contributed by atoms with Gasteiger partial charge in [-0.3, -0.25) is 14.4 Å². The Morgan fingerprint density at radius 2 is 1.48 bits per heavy atom. The van der Waals surface area contributed by atoms with Gasteiger partial charge in [-0.1, -0.05) is 67.6 Å². The van der Waals surface area contributed by atoms with Crippen molar-refractivity contribution in [2.75, 3.05) is 6.61 Å². The van der Waals surface area contributed by atoms with E-state index in [9.17, 15) is 19.2 Å². The fourth-order valence-corrected chi connectivity index (χ4v) is 3.93. The van der Waals surface area contributed by atoms with Crippen LogP contribution in [-0.4, -0.2) is 30.0 Å². The van der Waals surface area contributed by atoms with Gasteiger partial charge in [0.1, 0.15) is 0 Å². The second kappa shape index (κ2) is 9.20. The molecule has 3 aromatic carbocycles. The molecule has 0 aliphatic heterocycles. The summed E-state index contributed by atoms with van der Waals surface area (Å²) >= 11 is 0. The Kier molecular flexibility index (Phi) is 6.18. The van der Waals surface area contributed by atoms with E-state index in [1.54, 1.807) is 24.3 Å². The number of amides is 1. The fraction of sp³-hybridized carbons (Fsp3) is 0.185. The van der Waals surface area contributed by atoms with Crippen molar-refractivity contribution >= 4 is 23.4 Å². The predicted molar refractivity (Wildman–Crippen MR) is 122 cm³/mol. The van der Waals surface area contributed by atoms with Crippen molar-refractivity contribution in [2.24, 2.45) is 0 Å². The minimum atomic E-state index is -0.831. The van der Waals surface area contributed by atoms with E-state index in [1.807, 2.05) is 31.2 Å². The van der Waals surface area contributed by atoms with Crippen LogP contribution in [0, 0.1) is 0 Å². The summed E-state index contributed by atoms with van der Waals surface area (Å²) in [5, 5.41) is 2.79. The van der Waals surface area contributed by atoms with Gasteiger partial charge in [-0.15, -0.1) is 0 Å². The molecule has 6 nitrogen and oxygen atoms in total. The zero-order valence-electron chi connectivity index (χ0n) is 18.4. The van der Waals surface area contributed by atoms with Crippen molar-refractivity contribution in [3.05, 3.63) is 106 Å². The zero-order valence-corrected chi connectivity index (χ0v) is 18.4. The van der Waals surface area contributed by atoms with Gasteiger partial charge < -0.3 is 10.1 Å². The second-order valence-corrected chi connectivity index (χ2v) is 7.89. The molecule has 0 aromatic heterocycles. The van der Waals surface area contributed by atoms with Crippen molar-refractivity contribution in [2.45, 2.75) is 26.3 Å². The van der Waals surface area contributed by atoms with Crippen LogP contribution in [0.4, 0.5) is 0 Å².